The van der Waals surface area contributed by atoms with Crippen molar-refractivity contribution < 1.29 is 19.0 Å². The van der Waals surface area contributed by atoms with Gasteiger partial charge in [-0.2, -0.15) is 5.26 Å². The van der Waals surface area contributed by atoms with E-state index in [1.807, 2.05) is 6.07 Å². The van der Waals surface area contributed by atoms with Crippen molar-refractivity contribution >= 4 is 28.0 Å². The second kappa shape index (κ2) is 13.2. The lowest BCUT2D eigenvalue weighted by atomic mass is 10.1. The lowest BCUT2D eigenvalue weighted by Crippen LogP contribution is -2.06. The molecule has 0 spiro atoms. The Hall–Kier alpha value is -2.00. The van der Waals surface area contributed by atoms with E-state index in [0.29, 0.717) is 28.1 Å². The number of ether oxygens (including phenoxy) is 3. The van der Waals surface area contributed by atoms with Crippen LogP contribution in [0.3, 0.4) is 0 Å². The molecular weight excluding hydrogens is 410 g/mol. The maximum Gasteiger partial charge on any atom is 0.348 e. The summed E-state index contributed by atoms with van der Waals surface area (Å²) in [5, 5.41) is 9.17. The maximum atomic E-state index is 11.8. The molecule has 6 heteroatoms. The molecule has 1 aromatic carbocycles. The first-order valence-electron chi connectivity index (χ1n) is 9.36. The highest BCUT2D eigenvalue weighted by atomic mass is 79.9. The van der Waals surface area contributed by atoms with Gasteiger partial charge in [0.2, 0.25) is 0 Å². The van der Waals surface area contributed by atoms with Gasteiger partial charge < -0.3 is 14.2 Å². The Morgan fingerprint density at radius 3 is 2.52 bits per heavy atom. The molecule has 0 bridgehead atoms. The van der Waals surface area contributed by atoms with Crippen molar-refractivity contribution in [3.05, 3.63) is 27.7 Å². The fourth-order valence-corrected chi connectivity index (χ4v) is 3.11. The van der Waals surface area contributed by atoms with Crippen LogP contribution in [0, 0.1) is 11.3 Å². The predicted molar refractivity (Wildman–Crippen MR) is 110 cm³/mol. The zero-order valence-electron chi connectivity index (χ0n) is 16.3. The van der Waals surface area contributed by atoms with Crippen LogP contribution in [0.15, 0.2) is 22.2 Å². The number of carbonyl (C=O) groups is 1. The number of halogens is 1. The van der Waals surface area contributed by atoms with E-state index in [1.165, 1.54) is 31.8 Å². The second-order valence-electron chi connectivity index (χ2n) is 6.04. The van der Waals surface area contributed by atoms with E-state index in [0.717, 1.165) is 12.8 Å². The number of rotatable bonds is 12. The average molecular weight is 438 g/mol. The number of hydrogen-bond acceptors (Lipinski definition) is 5. The largest absolute Gasteiger partial charge is 0.493 e. The summed E-state index contributed by atoms with van der Waals surface area (Å²) in [5.74, 6) is 0.527. The summed E-state index contributed by atoms with van der Waals surface area (Å²) >= 11 is 3.49. The number of hydrogen-bond donors (Lipinski definition) is 0. The molecule has 0 saturated heterocycles. The maximum absolute atomic E-state index is 11.8. The molecule has 0 radical (unpaired) electrons. The van der Waals surface area contributed by atoms with Gasteiger partial charge in [-0.1, -0.05) is 39.0 Å². The Morgan fingerprint density at radius 1 is 1.19 bits per heavy atom. The van der Waals surface area contributed by atoms with Crippen LogP contribution in [0.1, 0.15) is 57.9 Å². The first-order valence-corrected chi connectivity index (χ1v) is 10.2. The van der Waals surface area contributed by atoms with Crippen LogP contribution in [-0.2, 0) is 9.53 Å². The van der Waals surface area contributed by atoms with E-state index < -0.39 is 5.97 Å². The fraction of sp³-hybridized carbons (Fsp3) is 0.524. The third kappa shape index (κ3) is 8.04. The minimum atomic E-state index is -0.640. The van der Waals surface area contributed by atoms with Crippen LogP contribution in [0.25, 0.3) is 6.08 Å². The summed E-state index contributed by atoms with van der Waals surface area (Å²) in [5.41, 5.74) is 0.585. The molecule has 1 rings (SSSR count). The lowest BCUT2D eigenvalue weighted by molar-refractivity contribution is -0.137. The van der Waals surface area contributed by atoms with Crippen molar-refractivity contribution in [3.8, 4) is 17.6 Å². The molecule has 0 aromatic heterocycles. The summed E-state index contributed by atoms with van der Waals surface area (Å²) in [7, 11) is 1.56. The quantitative estimate of drug-likeness (QED) is 0.182. The van der Waals surface area contributed by atoms with Gasteiger partial charge in [0.05, 0.1) is 24.8 Å². The molecule has 0 heterocycles. The summed E-state index contributed by atoms with van der Waals surface area (Å²) in [6.45, 7) is 4.74. The normalized spacial score (nSPS) is 11.0. The Morgan fingerprint density at radius 2 is 1.89 bits per heavy atom. The van der Waals surface area contributed by atoms with E-state index in [4.69, 9.17) is 19.5 Å². The Bertz CT molecular complexity index is 679. The van der Waals surface area contributed by atoms with Gasteiger partial charge in [-0.3, -0.25) is 0 Å². The highest BCUT2D eigenvalue weighted by Crippen LogP contribution is 2.37. The van der Waals surface area contributed by atoms with Gasteiger partial charge in [0.15, 0.2) is 11.5 Å². The van der Waals surface area contributed by atoms with Gasteiger partial charge in [-0.25, -0.2) is 4.79 Å². The van der Waals surface area contributed by atoms with Crippen molar-refractivity contribution in [1.82, 2.24) is 0 Å². The Labute approximate surface area is 170 Å². The van der Waals surface area contributed by atoms with Crippen molar-refractivity contribution in [1.29, 1.82) is 5.26 Å². The molecule has 148 valence electrons. The average Bonchev–Trinajstić information content (AvgIpc) is 2.66. The van der Waals surface area contributed by atoms with Crippen molar-refractivity contribution in [2.75, 3.05) is 20.3 Å². The van der Waals surface area contributed by atoms with Gasteiger partial charge in [-0.05, 0) is 53.0 Å². The number of carbonyl (C=O) groups excluding carboxylic acids is 1. The van der Waals surface area contributed by atoms with E-state index >= 15 is 0 Å². The molecule has 0 aliphatic carbocycles. The number of nitrogens with zero attached hydrogens (tertiary/aromatic N) is 1. The van der Waals surface area contributed by atoms with Crippen LogP contribution in [-0.4, -0.2) is 26.3 Å². The molecule has 0 aliphatic heterocycles. The molecule has 1 aromatic rings. The summed E-state index contributed by atoms with van der Waals surface area (Å²) < 4.78 is 16.9. The molecule has 0 unspecified atom stereocenters. The molecular formula is C21H28BrNO4. The zero-order valence-corrected chi connectivity index (χ0v) is 17.9. The topological polar surface area (TPSA) is 68.5 Å². The first-order chi connectivity index (χ1) is 13.1. The SMILES string of the molecule is CCCCCCCCOc1c(Br)cc(/C=C(\C#N)C(=O)OCC)cc1OC. The fourth-order valence-electron chi connectivity index (χ4n) is 2.53. The van der Waals surface area contributed by atoms with Gasteiger partial charge in [0.1, 0.15) is 11.6 Å². The second-order valence-corrected chi connectivity index (χ2v) is 6.89. The Kier molecular flexibility index (Phi) is 11.3. The number of esters is 1. The molecule has 27 heavy (non-hydrogen) atoms. The smallest absolute Gasteiger partial charge is 0.348 e. The molecule has 5 nitrogen and oxygen atoms in total. The third-order valence-corrected chi connectivity index (χ3v) is 4.51. The molecule has 0 amide bonds. The van der Waals surface area contributed by atoms with Crippen LogP contribution in [0.4, 0.5) is 0 Å². The Balaban J connectivity index is 2.80. The molecule has 0 N–H and O–H groups in total. The van der Waals surface area contributed by atoms with Gasteiger partial charge in [0, 0.05) is 0 Å². The molecule has 0 aliphatic rings. The van der Waals surface area contributed by atoms with Crippen molar-refractivity contribution in [2.45, 2.75) is 52.4 Å². The van der Waals surface area contributed by atoms with Gasteiger partial charge in [-0.15, -0.1) is 0 Å². The molecule has 0 atom stereocenters. The minimum Gasteiger partial charge on any atom is -0.493 e. The van der Waals surface area contributed by atoms with Crippen molar-refractivity contribution in [3.63, 3.8) is 0 Å². The summed E-state index contributed by atoms with van der Waals surface area (Å²) in [6.07, 6.45) is 8.63. The summed E-state index contributed by atoms with van der Waals surface area (Å²) in [4.78, 5) is 11.8. The van der Waals surface area contributed by atoms with Crippen LogP contribution in [0.5, 0.6) is 11.5 Å². The highest BCUT2D eigenvalue weighted by molar-refractivity contribution is 9.10. The number of nitriles is 1. The summed E-state index contributed by atoms with van der Waals surface area (Å²) in [6, 6.07) is 5.39. The van der Waals surface area contributed by atoms with Gasteiger partial charge in [0.25, 0.3) is 0 Å². The monoisotopic (exact) mass is 437 g/mol. The standard InChI is InChI=1S/C21H28BrNO4/c1-4-6-7-8-9-10-11-27-20-18(22)13-16(14-19(20)25-3)12-17(15-23)21(24)26-5-2/h12-14H,4-11H2,1-3H3/b17-12+. The first kappa shape index (κ1) is 23.0. The van der Waals surface area contributed by atoms with E-state index in [-0.39, 0.29) is 12.2 Å². The zero-order chi connectivity index (χ0) is 20.1. The van der Waals surface area contributed by atoms with Crippen LogP contribution in [0.2, 0.25) is 0 Å². The molecule has 0 fully saturated rings. The van der Waals surface area contributed by atoms with Crippen LogP contribution < -0.4 is 9.47 Å². The van der Waals surface area contributed by atoms with Crippen molar-refractivity contribution in [2.24, 2.45) is 0 Å². The number of unbranched alkanes of at least 4 members (excludes halogenated alkanes) is 5. The van der Waals surface area contributed by atoms with E-state index in [9.17, 15) is 4.79 Å². The van der Waals surface area contributed by atoms with E-state index in [1.54, 1.807) is 26.2 Å². The number of methoxy groups -OCH3 is 1. The highest BCUT2D eigenvalue weighted by Gasteiger charge is 2.14. The third-order valence-electron chi connectivity index (χ3n) is 3.92. The number of benzene rings is 1. The predicted octanol–water partition coefficient (Wildman–Crippen LogP) is 5.67. The molecule has 0 saturated carbocycles. The van der Waals surface area contributed by atoms with Crippen LogP contribution >= 0.6 is 15.9 Å². The lowest BCUT2D eigenvalue weighted by Gasteiger charge is -2.13. The van der Waals surface area contributed by atoms with Gasteiger partial charge >= 0.3 is 5.97 Å². The minimum absolute atomic E-state index is 0.0634. The van der Waals surface area contributed by atoms with E-state index in [2.05, 4.69) is 22.9 Å².